The van der Waals surface area contributed by atoms with Gasteiger partial charge in [-0.2, -0.15) is 0 Å². The number of carbonyl (C=O) groups excluding carboxylic acids is 2. The molecule has 3 amide bonds. The van der Waals surface area contributed by atoms with Crippen LogP contribution in [0, 0.1) is 0 Å². The van der Waals surface area contributed by atoms with Gasteiger partial charge in [0.25, 0.3) is 5.91 Å². The maximum atomic E-state index is 12.3. The summed E-state index contributed by atoms with van der Waals surface area (Å²) in [6.07, 6.45) is 3.48. The van der Waals surface area contributed by atoms with Crippen LogP contribution in [0.15, 0.2) is 59.7 Å². The Balaban J connectivity index is 1.45. The molecule has 0 aliphatic carbocycles. The Labute approximate surface area is 149 Å². The highest BCUT2D eigenvalue weighted by molar-refractivity contribution is 6.03. The number of carbonyl (C=O) groups is 2. The summed E-state index contributed by atoms with van der Waals surface area (Å²) < 4.78 is 2.02. The molecule has 0 bridgehead atoms. The van der Waals surface area contributed by atoms with Gasteiger partial charge in [0.1, 0.15) is 6.54 Å². The van der Waals surface area contributed by atoms with Crippen LogP contribution >= 0.6 is 0 Å². The van der Waals surface area contributed by atoms with Gasteiger partial charge in [0.15, 0.2) is 0 Å². The number of anilines is 3. The van der Waals surface area contributed by atoms with Gasteiger partial charge in [0, 0.05) is 41.2 Å². The number of aliphatic imine (C=N–C) groups is 1. The van der Waals surface area contributed by atoms with Crippen molar-refractivity contribution >= 4 is 46.2 Å². The number of amides is 3. The summed E-state index contributed by atoms with van der Waals surface area (Å²) in [5, 5.41) is 6.70. The molecule has 2 aromatic carbocycles. The third-order valence-corrected chi connectivity index (χ3v) is 4.23. The van der Waals surface area contributed by atoms with E-state index in [1.807, 2.05) is 54.2 Å². The Hall–Kier alpha value is -3.61. The lowest BCUT2D eigenvalue weighted by Gasteiger charge is -2.14. The van der Waals surface area contributed by atoms with Gasteiger partial charge in [-0.15, -0.1) is 0 Å². The Morgan fingerprint density at radius 3 is 2.65 bits per heavy atom. The fourth-order valence-electron chi connectivity index (χ4n) is 2.93. The Morgan fingerprint density at radius 1 is 1.08 bits per heavy atom. The third kappa shape index (κ3) is 3.14. The highest BCUT2D eigenvalue weighted by atomic mass is 16.2. The highest BCUT2D eigenvalue weighted by Crippen LogP contribution is 2.22. The molecule has 0 radical (unpaired) electrons. The van der Waals surface area contributed by atoms with E-state index in [4.69, 9.17) is 0 Å². The van der Waals surface area contributed by atoms with Crippen LogP contribution in [0.4, 0.5) is 21.9 Å². The number of hydrogen-bond acceptors (Lipinski definition) is 3. The first-order chi connectivity index (χ1) is 12.6. The Bertz CT molecular complexity index is 1040. The van der Waals surface area contributed by atoms with E-state index in [-0.39, 0.29) is 18.5 Å². The number of urea groups is 1. The van der Waals surface area contributed by atoms with Gasteiger partial charge in [-0.05, 0) is 42.5 Å². The molecule has 0 saturated heterocycles. The van der Waals surface area contributed by atoms with Crippen molar-refractivity contribution in [2.45, 2.75) is 0 Å². The smallest absolute Gasteiger partial charge is 0.323 e. The Morgan fingerprint density at radius 2 is 1.88 bits per heavy atom. The van der Waals surface area contributed by atoms with Crippen LogP contribution in [0.2, 0.25) is 0 Å². The van der Waals surface area contributed by atoms with Crippen LogP contribution in [-0.4, -0.2) is 29.4 Å². The van der Waals surface area contributed by atoms with Crippen molar-refractivity contribution < 1.29 is 9.59 Å². The molecular weight excluding hydrogens is 330 g/mol. The highest BCUT2D eigenvalue weighted by Gasteiger charge is 2.15. The predicted molar refractivity (Wildman–Crippen MR) is 103 cm³/mol. The average Bonchev–Trinajstić information content (AvgIpc) is 3.21. The summed E-state index contributed by atoms with van der Waals surface area (Å²) in [4.78, 5) is 29.0. The minimum Gasteiger partial charge on any atom is -0.351 e. The van der Waals surface area contributed by atoms with E-state index >= 15 is 0 Å². The molecule has 1 aromatic heterocycles. The quantitative estimate of drug-likeness (QED) is 0.764. The normalized spacial score (nSPS) is 13.4. The van der Waals surface area contributed by atoms with Crippen LogP contribution in [0.3, 0.4) is 0 Å². The molecule has 7 nitrogen and oxygen atoms in total. The fourth-order valence-corrected chi connectivity index (χ4v) is 2.93. The first-order valence-corrected chi connectivity index (χ1v) is 8.15. The molecule has 2 heterocycles. The molecule has 7 heteroatoms. The summed E-state index contributed by atoms with van der Waals surface area (Å²) in [6.45, 7) is 0.215. The minimum atomic E-state index is -0.330. The molecular formula is C19H17N5O2. The third-order valence-electron chi connectivity index (χ3n) is 4.23. The number of aryl methyl sites for hydroxylation is 1. The lowest BCUT2D eigenvalue weighted by molar-refractivity contribution is -0.115. The van der Waals surface area contributed by atoms with Crippen LogP contribution in [0.25, 0.3) is 10.9 Å². The van der Waals surface area contributed by atoms with Crippen molar-refractivity contribution in [1.82, 2.24) is 4.57 Å². The van der Waals surface area contributed by atoms with E-state index in [1.165, 1.54) is 6.34 Å². The van der Waals surface area contributed by atoms with Gasteiger partial charge in [0.2, 0.25) is 0 Å². The number of aromatic nitrogens is 1. The number of nitrogens with zero attached hydrogens (tertiary/aromatic N) is 3. The van der Waals surface area contributed by atoms with Gasteiger partial charge in [-0.1, -0.05) is 6.07 Å². The molecule has 1 aliphatic rings. The van der Waals surface area contributed by atoms with E-state index in [1.54, 1.807) is 17.0 Å². The summed E-state index contributed by atoms with van der Waals surface area (Å²) in [7, 11) is 1.98. The van der Waals surface area contributed by atoms with Crippen LogP contribution in [0.5, 0.6) is 0 Å². The molecule has 3 aromatic rings. The predicted octanol–water partition coefficient (Wildman–Crippen LogP) is 3.20. The molecule has 2 N–H and O–H groups in total. The van der Waals surface area contributed by atoms with Crippen LogP contribution in [0.1, 0.15) is 0 Å². The monoisotopic (exact) mass is 347 g/mol. The van der Waals surface area contributed by atoms with Crippen molar-refractivity contribution in [2.75, 3.05) is 22.1 Å². The number of fused-ring (bicyclic) bond motifs is 1. The zero-order valence-corrected chi connectivity index (χ0v) is 14.1. The van der Waals surface area contributed by atoms with Crippen LogP contribution < -0.4 is 15.5 Å². The first-order valence-electron chi connectivity index (χ1n) is 8.15. The second-order valence-corrected chi connectivity index (χ2v) is 6.10. The SMILES string of the molecule is Cn1ccc2cc(NC(=O)Nc3cccc(N4C=NC(=O)C4)c3)ccc21. The Kier molecular flexibility index (Phi) is 3.89. The largest absolute Gasteiger partial charge is 0.351 e. The summed E-state index contributed by atoms with van der Waals surface area (Å²) in [6, 6.07) is 14.7. The lowest BCUT2D eigenvalue weighted by atomic mass is 10.2. The van der Waals surface area contributed by atoms with Crippen molar-refractivity contribution in [3.05, 3.63) is 54.7 Å². The van der Waals surface area contributed by atoms with Crippen molar-refractivity contribution in [2.24, 2.45) is 12.0 Å². The fraction of sp³-hybridized carbons (Fsp3) is 0.105. The van der Waals surface area contributed by atoms with Crippen molar-refractivity contribution in [3.63, 3.8) is 0 Å². The molecule has 0 unspecified atom stereocenters. The van der Waals surface area contributed by atoms with Gasteiger partial charge < -0.3 is 20.1 Å². The average molecular weight is 347 g/mol. The minimum absolute atomic E-state index is 0.183. The zero-order valence-electron chi connectivity index (χ0n) is 14.1. The van der Waals surface area contributed by atoms with E-state index in [2.05, 4.69) is 15.6 Å². The molecule has 0 spiro atoms. The van der Waals surface area contributed by atoms with Crippen LogP contribution in [-0.2, 0) is 11.8 Å². The maximum Gasteiger partial charge on any atom is 0.323 e. The lowest BCUT2D eigenvalue weighted by Crippen LogP contribution is -2.21. The van der Waals surface area contributed by atoms with Gasteiger partial charge >= 0.3 is 6.03 Å². The van der Waals surface area contributed by atoms with E-state index in [0.29, 0.717) is 5.69 Å². The second-order valence-electron chi connectivity index (χ2n) is 6.10. The number of rotatable bonds is 3. The van der Waals surface area contributed by atoms with E-state index < -0.39 is 0 Å². The molecule has 4 rings (SSSR count). The molecule has 1 aliphatic heterocycles. The number of nitrogens with one attached hydrogen (secondary N) is 2. The molecule has 26 heavy (non-hydrogen) atoms. The van der Waals surface area contributed by atoms with E-state index in [0.717, 1.165) is 22.3 Å². The number of hydrogen-bond donors (Lipinski definition) is 2. The van der Waals surface area contributed by atoms with Gasteiger partial charge in [-0.3, -0.25) is 4.79 Å². The van der Waals surface area contributed by atoms with Crippen molar-refractivity contribution in [3.8, 4) is 0 Å². The van der Waals surface area contributed by atoms with Gasteiger partial charge in [0.05, 0.1) is 6.34 Å². The van der Waals surface area contributed by atoms with E-state index in [9.17, 15) is 9.59 Å². The molecule has 0 atom stereocenters. The second kappa shape index (κ2) is 6.36. The standard InChI is InChI=1S/C19H17N5O2/c1-23-8-7-13-9-15(5-6-17(13)23)22-19(26)21-14-3-2-4-16(10-14)24-11-18(25)20-12-24/h2-10,12H,11H2,1H3,(H2,21,22,26). The first kappa shape index (κ1) is 15.9. The van der Waals surface area contributed by atoms with Gasteiger partial charge in [-0.25, -0.2) is 9.79 Å². The molecule has 130 valence electrons. The zero-order chi connectivity index (χ0) is 18.1. The van der Waals surface area contributed by atoms with Crippen molar-refractivity contribution in [1.29, 1.82) is 0 Å². The summed E-state index contributed by atoms with van der Waals surface area (Å²) in [5.41, 5.74) is 3.25. The topological polar surface area (TPSA) is 78.7 Å². The molecule has 0 fully saturated rings. The maximum absolute atomic E-state index is 12.3. The summed E-state index contributed by atoms with van der Waals surface area (Å²) >= 11 is 0. The molecule has 0 saturated carbocycles. The number of benzene rings is 2. The summed E-state index contributed by atoms with van der Waals surface area (Å²) in [5.74, 6) is -0.183.